The van der Waals surface area contributed by atoms with Crippen LogP contribution in [0.2, 0.25) is 5.02 Å². The highest BCUT2D eigenvalue weighted by Crippen LogP contribution is 2.21. The Balaban J connectivity index is 1.80. The van der Waals surface area contributed by atoms with Gasteiger partial charge in [-0.1, -0.05) is 23.7 Å². The van der Waals surface area contributed by atoms with E-state index in [-0.39, 0.29) is 5.91 Å². The summed E-state index contributed by atoms with van der Waals surface area (Å²) in [6, 6.07) is 9.08. The number of carbonyl (C=O) groups is 1. The first kappa shape index (κ1) is 14.8. The second kappa shape index (κ2) is 7.26. The van der Waals surface area contributed by atoms with Crippen molar-refractivity contribution in [1.29, 1.82) is 0 Å². The molecule has 0 fully saturated rings. The van der Waals surface area contributed by atoms with Crippen LogP contribution in [0.15, 0.2) is 41.7 Å². The van der Waals surface area contributed by atoms with Crippen LogP contribution in [0, 0.1) is 6.92 Å². The molecule has 20 heavy (non-hydrogen) atoms. The molecular weight excluding hydrogens is 294 g/mol. The molecule has 0 aliphatic carbocycles. The van der Waals surface area contributed by atoms with Crippen LogP contribution in [0.3, 0.4) is 0 Å². The SMILES string of the molecule is Cc1cc(SCCC(=O)Nc2ccccc2Cl)ncn1. The maximum atomic E-state index is 11.8. The Labute approximate surface area is 127 Å². The Bertz CT molecular complexity index is 606. The number of aromatic nitrogens is 2. The van der Waals surface area contributed by atoms with Crippen LogP contribution in [-0.2, 0) is 4.79 Å². The number of benzene rings is 1. The van der Waals surface area contributed by atoms with Crippen molar-refractivity contribution < 1.29 is 4.79 Å². The van der Waals surface area contributed by atoms with Crippen molar-refractivity contribution in [2.45, 2.75) is 18.4 Å². The smallest absolute Gasteiger partial charge is 0.225 e. The molecule has 1 heterocycles. The summed E-state index contributed by atoms with van der Waals surface area (Å²) in [6.07, 6.45) is 1.93. The first-order valence-corrected chi connectivity index (χ1v) is 7.47. The number of halogens is 1. The van der Waals surface area contributed by atoms with Crippen molar-refractivity contribution in [3.63, 3.8) is 0 Å². The number of nitrogens with zero attached hydrogens (tertiary/aromatic N) is 2. The van der Waals surface area contributed by atoms with E-state index in [0.29, 0.717) is 22.9 Å². The van der Waals surface area contributed by atoms with Crippen molar-refractivity contribution in [2.24, 2.45) is 0 Å². The molecule has 0 radical (unpaired) electrons. The Hall–Kier alpha value is -1.59. The minimum atomic E-state index is -0.0589. The Morgan fingerprint density at radius 3 is 2.90 bits per heavy atom. The van der Waals surface area contributed by atoms with E-state index >= 15 is 0 Å². The molecule has 0 bridgehead atoms. The van der Waals surface area contributed by atoms with Gasteiger partial charge in [0.25, 0.3) is 0 Å². The molecule has 104 valence electrons. The molecule has 1 aromatic carbocycles. The average molecular weight is 308 g/mol. The van der Waals surface area contributed by atoms with Gasteiger partial charge in [-0.2, -0.15) is 0 Å². The molecule has 6 heteroatoms. The number of rotatable bonds is 5. The zero-order valence-corrected chi connectivity index (χ0v) is 12.5. The molecule has 0 saturated heterocycles. The van der Waals surface area contributed by atoms with Gasteiger partial charge in [0, 0.05) is 17.9 Å². The highest BCUT2D eigenvalue weighted by atomic mass is 35.5. The molecule has 0 aliphatic heterocycles. The summed E-state index contributed by atoms with van der Waals surface area (Å²) in [5.41, 5.74) is 1.56. The average Bonchev–Trinajstić information content (AvgIpc) is 2.41. The minimum absolute atomic E-state index is 0.0589. The monoisotopic (exact) mass is 307 g/mol. The van der Waals surface area contributed by atoms with Gasteiger partial charge >= 0.3 is 0 Å². The van der Waals surface area contributed by atoms with Crippen LogP contribution in [-0.4, -0.2) is 21.6 Å². The molecule has 0 spiro atoms. The first-order chi connectivity index (χ1) is 9.65. The van der Waals surface area contributed by atoms with Gasteiger partial charge in [0.15, 0.2) is 0 Å². The minimum Gasteiger partial charge on any atom is -0.325 e. The number of nitrogens with one attached hydrogen (secondary N) is 1. The van der Waals surface area contributed by atoms with Gasteiger partial charge < -0.3 is 5.32 Å². The van der Waals surface area contributed by atoms with Gasteiger partial charge in [0.05, 0.1) is 15.7 Å². The number of thioether (sulfide) groups is 1. The van der Waals surface area contributed by atoms with Gasteiger partial charge in [0.2, 0.25) is 5.91 Å². The van der Waals surface area contributed by atoms with E-state index in [4.69, 9.17) is 11.6 Å². The fraction of sp³-hybridized carbons (Fsp3) is 0.214. The number of amides is 1. The van der Waals surface area contributed by atoms with Crippen LogP contribution in [0.1, 0.15) is 12.1 Å². The molecule has 0 atom stereocenters. The van der Waals surface area contributed by atoms with E-state index in [1.807, 2.05) is 25.1 Å². The van der Waals surface area contributed by atoms with Gasteiger partial charge in [-0.25, -0.2) is 9.97 Å². The van der Waals surface area contributed by atoms with Crippen LogP contribution in [0.4, 0.5) is 5.69 Å². The van der Waals surface area contributed by atoms with Crippen molar-refractivity contribution in [2.75, 3.05) is 11.1 Å². The molecule has 0 saturated carbocycles. The van der Waals surface area contributed by atoms with E-state index in [0.717, 1.165) is 10.7 Å². The van der Waals surface area contributed by atoms with Gasteiger partial charge in [-0.3, -0.25) is 4.79 Å². The standard InChI is InChI=1S/C14H14ClN3OS/c1-10-8-14(17-9-16-10)20-7-6-13(19)18-12-5-3-2-4-11(12)15/h2-5,8-9H,6-7H2,1H3,(H,18,19). The third kappa shape index (κ3) is 4.51. The van der Waals surface area contributed by atoms with Crippen LogP contribution in [0.5, 0.6) is 0 Å². The summed E-state index contributed by atoms with van der Waals surface area (Å²) in [5.74, 6) is 0.601. The van der Waals surface area contributed by atoms with Crippen molar-refractivity contribution >= 4 is 35.0 Å². The van der Waals surface area contributed by atoms with Crippen LogP contribution in [0.25, 0.3) is 0 Å². The van der Waals surface area contributed by atoms with Gasteiger partial charge in [-0.15, -0.1) is 11.8 Å². The highest BCUT2D eigenvalue weighted by Gasteiger charge is 2.06. The lowest BCUT2D eigenvalue weighted by Gasteiger charge is -2.06. The van der Waals surface area contributed by atoms with E-state index in [1.165, 1.54) is 18.1 Å². The fourth-order valence-electron chi connectivity index (χ4n) is 1.53. The second-order valence-corrected chi connectivity index (χ2v) is 5.65. The molecule has 2 aromatic rings. The second-order valence-electron chi connectivity index (χ2n) is 4.12. The maximum absolute atomic E-state index is 11.8. The van der Waals surface area contributed by atoms with E-state index < -0.39 is 0 Å². The lowest BCUT2D eigenvalue weighted by Crippen LogP contribution is -2.12. The third-order valence-electron chi connectivity index (χ3n) is 2.51. The van der Waals surface area contributed by atoms with Crippen molar-refractivity contribution in [3.8, 4) is 0 Å². The predicted molar refractivity (Wildman–Crippen MR) is 82.2 cm³/mol. The zero-order valence-electron chi connectivity index (χ0n) is 11.0. The number of aryl methyl sites for hydroxylation is 1. The molecule has 1 N–H and O–H groups in total. The number of anilines is 1. The van der Waals surface area contributed by atoms with E-state index in [2.05, 4.69) is 15.3 Å². The molecule has 1 amide bonds. The normalized spacial score (nSPS) is 10.3. The maximum Gasteiger partial charge on any atom is 0.225 e. The molecule has 4 nitrogen and oxygen atoms in total. The number of hydrogen-bond acceptors (Lipinski definition) is 4. The molecular formula is C14H14ClN3OS. The first-order valence-electron chi connectivity index (χ1n) is 6.11. The Morgan fingerprint density at radius 1 is 1.35 bits per heavy atom. The largest absolute Gasteiger partial charge is 0.325 e. The Kier molecular flexibility index (Phi) is 5.38. The van der Waals surface area contributed by atoms with E-state index in [9.17, 15) is 4.79 Å². The Morgan fingerprint density at radius 2 is 2.15 bits per heavy atom. The number of para-hydroxylation sites is 1. The van der Waals surface area contributed by atoms with Crippen LogP contribution < -0.4 is 5.32 Å². The molecule has 1 aromatic heterocycles. The third-order valence-corrected chi connectivity index (χ3v) is 3.76. The quantitative estimate of drug-likeness (QED) is 0.678. The topological polar surface area (TPSA) is 54.9 Å². The summed E-state index contributed by atoms with van der Waals surface area (Å²) in [4.78, 5) is 20.0. The molecule has 0 unspecified atom stereocenters. The molecule has 2 rings (SSSR count). The number of hydrogen-bond donors (Lipinski definition) is 1. The summed E-state index contributed by atoms with van der Waals surface area (Å²) >= 11 is 7.51. The fourth-order valence-corrected chi connectivity index (χ4v) is 2.59. The summed E-state index contributed by atoms with van der Waals surface area (Å²) in [7, 11) is 0. The zero-order chi connectivity index (χ0) is 14.4. The number of carbonyl (C=O) groups excluding carboxylic acids is 1. The predicted octanol–water partition coefficient (Wildman–Crippen LogP) is 3.56. The lowest BCUT2D eigenvalue weighted by molar-refractivity contribution is -0.115. The summed E-state index contributed by atoms with van der Waals surface area (Å²) in [6.45, 7) is 1.91. The highest BCUT2D eigenvalue weighted by molar-refractivity contribution is 7.99. The van der Waals surface area contributed by atoms with Crippen LogP contribution >= 0.6 is 23.4 Å². The summed E-state index contributed by atoms with van der Waals surface area (Å²) < 4.78 is 0. The summed E-state index contributed by atoms with van der Waals surface area (Å²) in [5, 5.41) is 4.21. The molecule has 0 aliphatic rings. The van der Waals surface area contributed by atoms with Crippen molar-refractivity contribution in [1.82, 2.24) is 9.97 Å². The van der Waals surface area contributed by atoms with Crippen molar-refractivity contribution in [3.05, 3.63) is 47.4 Å². The van der Waals surface area contributed by atoms with Gasteiger partial charge in [0.1, 0.15) is 6.33 Å². The van der Waals surface area contributed by atoms with Gasteiger partial charge in [-0.05, 0) is 25.1 Å². The van der Waals surface area contributed by atoms with E-state index in [1.54, 1.807) is 12.1 Å². The lowest BCUT2D eigenvalue weighted by atomic mass is 10.3.